The molecule has 15 heavy (non-hydrogen) atoms. The van der Waals surface area contributed by atoms with Gasteiger partial charge < -0.3 is 10.1 Å². The Bertz CT molecular complexity index is 336. The molecule has 1 saturated heterocycles. The molecular weight excluding hydrogens is 210 g/mol. The van der Waals surface area contributed by atoms with Crippen LogP contribution in [0.3, 0.4) is 0 Å². The second-order valence-corrected chi connectivity index (χ2v) is 4.55. The van der Waals surface area contributed by atoms with Crippen molar-refractivity contribution in [3.8, 4) is 0 Å². The third-order valence-corrected chi connectivity index (χ3v) is 3.01. The molecule has 1 aromatic carbocycles. The monoisotopic (exact) mass is 225 g/mol. The molecule has 0 amide bonds. The Labute approximate surface area is 95.6 Å². The second kappa shape index (κ2) is 4.42. The van der Waals surface area contributed by atoms with Gasteiger partial charge in [-0.15, -0.1) is 0 Å². The fourth-order valence-electron chi connectivity index (χ4n) is 1.95. The van der Waals surface area contributed by atoms with Crippen LogP contribution in [0.2, 0.25) is 5.02 Å². The SMILES string of the molecule is Cc1cc(C)c(NC2CCOC2)c(Cl)c1. The predicted molar refractivity (Wildman–Crippen MR) is 63.8 cm³/mol. The van der Waals surface area contributed by atoms with Gasteiger partial charge in [-0.2, -0.15) is 0 Å². The molecule has 3 heteroatoms. The van der Waals surface area contributed by atoms with Crippen molar-refractivity contribution in [3.63, 3.8) is 0 Å². The molecule has 0 radical (unpaired) electrons. The Balaban J connectivity index is 2.19. The molecule has 82 valence electrons. The molecule has 0 spiro atoms. The van der Waals surface area contributed by atoms with Crippen molar-refractivity contribution in [2.24, 2.45) is 0 Å². The van der Waals surface area contributed by atoms with Gasteiger partial charge in [0.1, 0.15) is 0 Å². The van der Waals surface area contributed by atoms with E-state index in [-0.39, 0.29) is 0 Å². The second-order valence-electron chi connectivity index (χ2n) is 4.14. The molecule has 1 unspecified atom stereocenters. The quantitative estimate of drug-likeness (QED) is 0.835. The molecule has 1 N–H and O–H groups in total. The van der Waals surface area contributed by atoms with E-state index in [9.17, 15) is 0 Å². The fourth-order valence-corrected chi connectivity index (χ4v) is 2.33. The smallest absolute Gasteiger partial charge is 0.0668 e. The molecule has 0 aromatic heterocycles. The zero-order valence-electron chi connectivity index (χ0n) is 9.14. The van der Waals surface area contributed by atoms with Crippen molar-refractivity contribution >= 4 is 17.3 Å². The van der Waals surface area contributed by atoms with Gasteiger partial charge >= 0.3 is 0 Å². The standard InChI is InChI=1S/C12H16ClNO/c1-8-5-9(2)12(11(13)6-8)14-10-3-4-15-7-10/h5-6,10,14H,3-4,7H2,1-2H3. The van der Waals surface area contributed by atoms with E-state index in [0.717, 1.165) is 30.3 Å². The number of hydrogen-bond donors (Lipinski definition) is 1. The average Bonchev–Trinajstić information content (AvgIpc) is 2.63. The van der Waals surface area contributed by atoms with Gasteiger partial charge in [0.15, 0.2) is 0 Å². The fraction of sp³-hybridized carbons (Fsp3) is 0.500. The van der Waals surface area contributed by atoms with E-state index in [2.05, 4.69) is 25.2 Å². The Kier molecular flexibility index (Phi) is 3.17. The highest BCUT2D eigenvalue weighted by molar-refractivity contribution is 6.33. The summed E-state index contributed by atoms with van der Waals surface area (Å²) in [5.74, 6) is 0. The number of benzene rings is 1. The largest absolute Gasteiger partial charge is 0.379 e. The molecule has 1 aliphatic heterocycles. The van der Waals surface area contributed by atoms with Gasteiger partial charge in [0.2, 0.25) is 0 Å². The molecule has 1 heterocycles. The summed E-state index contributed by atoms with van der Waals surface area (Å²) in [5, 5.41) is 4.25. The lowest BCUT2D eigenvalue weighted by Crippen LogP contribution is -2.19. The molecule has 0 aliphatic carbocycles. The third kappa shape index (κ3) is 2.44. The summed E-state index contributed by atoms with van der Waals surface area (Å²) < 4.78 is 5.33. The summed E-state index contributed by atoms with van der Waals surface area (Å²) in [6.45, 7) is 5.77. The molecule has 0 bridgehead atoms. The van der Waals surface area contributed by atoms with Gasteiger partial charge in [-0.25, -0.2) is 0 Å². The Morgan fingerprint density at radius 3 is 2.80 bits per heavy atom. The molecule has 1 aromatic rings. The van der Waals surface area contributed by atoms with Crippen LogP contribution in [0.15, 0.2) is 12.1 Å². The van der Waals surface area contributed by atoms with Crippen LogP contribution < -0.4 is 5.32 Å². The van der Waals surface area contributed by atoms with Crippen molar-refractivity contribution in [1.29, 1.82) is 0 Å². The van der Waals surface area contributed by atoms with Gasteiger partial charge in [0, 0.05) is 6.61 Å². The molecule has 2 rings (SSSR count). The molecule has 1 fully saturated rings. The number of aryl methyl sites for hydroxylation is 2. The normalized spacial score (nSPS) is 20.6. The Hall–Kier alpha value is -0.730. The van der Waals surface area contributed by atoms with Crippen molar-refractivity contribution in [3.05, 3.63) is 28.3 Å². The summed E-state index contributed by atoms with van der Waals surface area (Å²) in [4.78, 5) is 0. The van der Waals surface area contributed by atoms with Crippen molar-refractivity contribution < 1.29 is 4.74 Å². The summed E-state index contributed by atoms with van der Waals surface area (Å²) >= 11 is 6.21. The molecule has 2 nitrogen and oxygen atoms in total. The van der Waals surface area contributed by atoms with Gasteiger partial charge in [0.05, 0.1) is 23.4 Å². The zero-order valence-corrected chi connectivity index (χ0v) is 9.90. The predicted octanol–water partition coefficient (Wildman–Crippen LogP) is 3.16. The summed E-state index contributed by atoms with van der Waals surface area (Å²) in [5.41, 5.74) is 3.45. The van der Waals surface area contributed by atoms with Gasteiger partial charge in [-0.3, -0.25) is 0 Å². The molecular formula is C12H16ClNO. The zero-order chi connectivity index (χ0) is 10.8. The number of hydrogen-bond acceptors (Lipinski definition) is 2. The van der Waals surface area contributed by atoms with E-state index in [1.807, 2.05) is 6.07 Å². The van der Waals surface area contributed by atoms with Crippen LogP contribution in [0.4, 0.5) is 5.69 Å². The van der Waals surface area contributed by atoms with E-state index < -0.39 is 0 Å². The molecule has 0 saturated carbocycles. The highest BCUT2D eigenvalue weighted by Gasteiger charge is 2.17. The van der Waals surface area contributed by atoms with E-state index in [1.54, 1.807) is 0 Å². The van der Waals surface area contributed by atoms with Crippen molar-refractivity contribution in [2.75, 3.05) is 18.5 Å². The van der Waals surface area contributed by atoms with Crippen LogP contribution >= 0.6 is 11.6 Å². The van der Waals surface area contributed by atoms with E-state index in [4.69, 9.17) is 16.3 Å². The van der Waals surface area contributed by atoms with Crippen LogP contribution in [0, 0.1) is 13.8 Å². The maximum atomic E-state index is 6.21. The highest BCUT2D eigenvalue weighted by atomic mass is 35.5. The van der Waals surface area contributed by atoms with Crippen molar-refractivity contribution in [1.82, 2.24) is 0 Å². The first kappa shape index (κ1) is 10.8. The van der Waals surface area contributed by atoms with Crippen LogP contribution in [0.1, 0.15) is 17.5 Å². The lowest BCUT2D eigenvalue weighted by molar-refractivity contribution is 0.195. The number of halogens is 1. The van der Waals surface area contributed by atoms with Gasteiger partial charge in [0.25, 0.3) is 0 Å². The van der Waals surface area contributed by atoms with Crippen molar-refractivity contribution in [2.45, 2.75) is 26.3 Å². The number of nitrogens with one attached hydrogen (secondary N) is 1. The van der Waals surface area contributed by atoms with E-state index in [1.165, 1.54) is 11.1 Å². The van der Waals surface area contributed by atoms with Crippen LogP contribution in [0.5, 0.6) is 0 Å². The Morgan fingerprint density at radius 1 is 1.40 bits per heavy atom. The first-order valence-corrected chi connectivity index (χ1v) is 5.65. The first-order chi connectivity index (χ1) is 7.16. The maximum absolute atomic E-state index is 6.21. The average molecular weight is 226 g/mol. The lowest BCUT2D eigenvalue weighted by Gasteiger charge is -2.16. The summed E-state index contributed by atoms with van der Waals surface area (Å²) in [6.07, 6.45) is 1.06. The summed E-state index contributed by atoms with van der Waals surface area (Å²) in [7, 11) is 0. The van der Waals surface area contributed by atoms with Crippen LogP contribution in [0.25, 0.3) is 0 Å². The minimum Gasteiger partial charge on any atom is -0.379 e. The highest BCUT2D eigenvalue weighted by Crippen LogP contribution is 2.28. The minimum absolute atomic E-state index is 0.406. The van der Waals surface area contributed by atoms with E-state index >= 15 is 0 Å². The number of rotatable bonds is 2. The van der Waals surface area contributed by atoms with Gasteiger partial charge in [-0.05, 0) is 37.5 Å². The Morgan fingerprint density at radius 2 is 2.20 bits per heavy atom. The topological polar surface area (TPSA) is 21.3 Å². The molecule has 1 aliphatic rings. The summed E-state index contributed by atoms with van der Waals surface area (Å²) in [6, 6.07) is 4.54. The van der Waals surface area contributed by atoms with Gasteiger partial charge in [-0.1, -0.05) is 17.7 Å². The number of anilines is 1. The third-order valence-electron chi connectivity index (χ3n) is 2.71. The minimum atomic E-state index is 0.406. The lowest BCUT2D eigenvalue weighted by atomic mass is 10.1. The first-order valence-electron chi connectivity index (χ1n) is 5.28. The number of ether oxygens (including phenoxy) is 1. The van der Waals surface area contributed by atoms with Crippen LogP contribution in [-0.2, 0) is 4.74 Å². The van der Waals surface area contributed by atoms with E-state index in [0.29, 0.717) is 6.04 Å². The molecule has 1 atom stereocenters. The maximum Gasteiger partial charge on any atom is 0.0668 e. The van der Waals surface area contributed by atoms with Crippen LogP contribution in [-0.4, -0.2) is 19.3 Å².